The first kappa shape index (κ1) is 13.8. The quantitative estimate of drug-likeness (QED) is 0.899. The molecule has 1 aromatic carbocycles. The molecule has 1 heterocycles. The summed E-state index contributed by atoms with van der Waals surface area (Å²) in [6.45, 7) is 9.46. The highest BCUT2D eigenvalue weighted by Crippen LogP contribution is 2.23. The number of aromatic nitrogens is 1. The van der Waals surface area contributed by atoms with Crippen LogP contribution in [0.3, 0.4) is 0 Å². The van der Waals surface area contributed by atoms with Gasteiger partial charge in [-0.25, -0.2) is 0 Å². The lowest BCUT2D eigenvalue weighted by Gasteiger charge is -2.19. The maximum absolute atomic E-state index is 4.52. The van der Waals surface area contributed by atoms with Gasteiger partial charge < -0.3 is 5.32 Å². The van der Waals surface area contributed by atoms with Gasteiger partial charge in [-0.3, -0.25) is 4.98 Å². The summed E-state index contributed by atoms with van der Waals surface area (Å²) in [7, 11) is 0. The van der Waals surface area contributed by atoms with Crippen LogP contribution >= 0.6 is 0 Å². The zero-order valence-electron chi connectivity index (χ0n) is 12.2. The minimum Gasteiger partial charge on any atom is -0.305 e. The Morgan fingerprint density at radius 2 is 1.84 bits per heavy atom. The average molecular weight is 254 g/mol. The van der Waals surface area contributed by atoms with Gasteiger partial charge in [-0.15, -0.1) is 0 Å². The molecule has 0 aliphatic heterocycles. The number of pyridine rings is 1. The van der Waals surface area contributed by atoms with Gasteiger partial charge in [-0.1, -0.05) is 25.1 Å². The lowest BCUT2D eigenvalue weighted by molar-refractivity contribution is 0.614. The van der Waals surface area contributed by atoms with E-state index in [4.69, 9.17) is 0 Å². The molecule has 0 aliphatic carbocycles. The number of nitrogens with zero attached hydrogens (tertiary/aromatic N) is 1. The first-order valence-electron chi connectivity index (χ1n) is 6.85. The van der Waals surface area contributed by atoms with E-state index in [1.807, 2.05) is 12.3 Å². The highest BCUT2D eigenvalue weighted by molar-refractivity contribution is 5.35. The molecule has 0 amide bonds. The second-order valence-electron chi connectivity index (χ2n) is 5.09. The third kappa shape index (κ3) is 3.21. The Balaban J connectivity index is 2.42. The number of hydrogen-bond donors (Lipinski definition) is 1. The Hall–Kier alpha value is -1.67. The Bertz CT molecular complexity index is 561. The van der Waals surface area contributed by atoms with Gasteiger partial charge in [0.15, 0.2) is 0 Å². The molecule has 0 aliphatic rings. The summed E-state index contributed by atoms with van der Waals surface area (Å²) >= 11 is 0. The first-order valence-corrected chi connectivity index (χ1v) is 6.85. The standard InChI is InChI=1S/C17H22N2/c1-5-18-17(16-10-12(2)8-9-19-16)15-7-6-13(3)14(4)11-15/h6-11,17-18H,5H2,1-4H3. The van der Waals surface area contributed by atoms with Crippen LogP contribution < -0.4 is 5.32 Å². The molecular weight excluding hydrogens is 232 g/mol. The van der Waals surface area contributed by atoms with Crippen molar-refractivity contribution in [3.8, 4) is 0 Å². The van der Waals surface area contributed by atoms with Crippen molar-refractivity contribution in [1.29, 1.82) is 0 Å². The summed E-state index contributed by atoms with van der Waals surface area (Å²) in [6.07, 6.45) is 1.88. The van der Waals surface area contributed by atoms with Crippen molar-refractivity contribution in [2.75, 3.05) is 6.54 Å². The third-order valence-corrected chi connectivity index (χ3v) is 3.50. The minimum atomic E-state index is 0.171. The van der Waals surface area contributed by atoms with E-state index < -0.39 is 0 Å². The Kier molecular flexibility index (Phi) is 4.33. The number of nitrogens with one attached hydrogen (secondary N) is 1. The van der Waals surface area contributed by atoms with E-state index in [1.165, 1.54) is 22.3 Å². The third-order valence-electron chi connectivity index (χ3n) is 3.50. The van der Waals surface area contributed by atoms with E-state index in [0.717, 1.165) is 12.2 Å². The van der Waals surface area contributed by atoms with E-state index >= 15 is 0 Å². The number of benzene rings is 1. The fraction of sp³-hybridized carbons (Fsp3) is 0.353. The molecule has 1 N–H and O–H groups in total. The maximum Gasteiger partial charge on any atom is 0.0751 e. The largest absolute Gasteiger partial charge is 0.305 e. The van der Waals surface area contributed by atoms with Crippen molar-refractivity contribution < 1.29 is 0 Å². The zero-order valence-corrected chi connectivity index (χ0v) is 12.2. The maximum atomic E-state index is 4.52. The lowest BCUT2D eigenvalue weighted by atomic mass is 9.98. The summed E-state index contributed by atoms with van der Waals surface area (Å²) in [6, 6.07) is 11.0. The molecule has 100 valence electrons. The van der Waals surface area contributed by atoms with Gasteiger partial charge in [0.2, 0.25) is 0 Å². The Morgan fingerprint density at radius 1 is 1.05 bits per heavy atom. The van der Waals surface area contributed by atoms with Gasteiger partial charge in [0.25, 0.3) is 0 Å². The monoisotopic (exact) mass is 254 g/mol. The van der Waals surface area contributed by atoms with Crippen LogP contribution in [0.25, 0.3) is 0 Å². The molecule has 2 nitrogen and oxygen atoms in total. The summed E-state index contributed by atoms with van der Waals surface area (Å²) in [5.41, 5.74) is 6.27. The van der Waals surface area contributed by atoms with Crippen LogP contribution in [0.4, 0.5) is 0 Å². The van der Waals surface area contributed by atoms with Crippen LogP contribution in [0.15, 0.2) is 36.5 Å². The van der Waals surface area contributed by atoms with Gasteiger partial charge in [0, 0.05) is 6.20 Å². The predicted molar refractivity (Wildman–Crippen MR) is 80.4 cm³/mol. The molecule has 19 heavy (non-hydrogen) atoms. The molecule has 0 saturated carbocycles. The van der Waals surface area contributed by atoms with Gasteiger partial charge in [-0.05, 0) is 61.7 Å². The van der Waals surface area contributed by atoms with Gasteiger partial charge >= 0.3 is 0 Å². The lowest BCUT2D eigenvalue weighted by Crippen LogP contribution is -2.23. The molecule has 1 atom stereocenters. The second-order valence-corrected chi connectivity index (χ2v) is 5.09. The summed E-state index contributed by atoms with van der Waals surface area (Å²) < 4.78 is 0. The highest BCUT2D eigenvalue weighted by atomic mass is 14.9. The van der Waals surface area contributed by atoms with Crippen molar-refractivity contribution in [1.82, 2.24) is 10.3 Å². The first-order chi connectivity index (χ1) is 9.11. The van der Waals surface area contributed by atoms with Crippen molar-refractivity contribution >= 4 is 0 Å². The van der Waals surface area contributed by atoms with E-state index in [0.29, 0.717) is 0 Å². The molecular formula is C17H22N2. The predicted octanol–water partition coefficient (Wildman–Crippen LogP) is 3.71. The van der Waals surface area contributed by atoms with Crippen molar-refractivity contribution in [2.24, 2.45) is 0 Å². The van der Waals surface area contributed by atoms with Crippen LogP contribution in [0.5, 0.6) is 0 Å². The summed E-state index contributed by atoms with van der Waals surface area (Å²) in [4.78, 5) is 4.52. The summed E-state index contributed by atoms with van der Waals surface area (Å²) in [5, 5.41) is 3.53. The van der Waals surface area contributed by atoms with Crippen molar-refractivity contribution in [3.05, 3.63) is 64.5 Å². The zero-order chi connectivity index (χ0) is 13.8. The SMILES string of the molecule is CCNC(c1ccc(C)c(C)c1)c1cc(C)ccn1. The van der Waals surface area contributed by atoms with Gasteiger partial charge in [0.1, 0.15) is 0 Å². The van der Waals surface area contributed by atoms with Crippen LogP contribution in [-0.2, 0) is 0 Å². The number of rotatable bonds is 4. The Labute approximate surface area is 115 Å². The fourth-order valence-electron chi connectivity index (χ4n) is 2.26. The topological polar surface area (TPSA) is 24.9 Å². The molecule has 2 rings (SSSR count). The fourth-order valence-corrected chi connectivity index (χ4v) is 2.26. The molecule has 0 spiro atoms. The smallest absolute Gasteiger partial charge is 0.0751 e. The van der Waals surface area contributed by atoms with Crippen molar-refractivity contribution in [3.63, 3.8) is 0 Å². The van der Waals surface area contributed by atoms with Gasteiger partial charge in [0.05, 0.1) is 11.7 Å². The van der Waals surface area contributed by atoms with E-state index in [-0.39, 0.29) is 6.04 Å². The van der Waals surface area contributed by atoms with Crippen LogP contribution in [0.1, 0.15) is 40.9 Å². The van der Waals surface area contributed by atoms with Crippen LogP contribution in [-0.4, -0.2) is 11.5 Å². The Morgan fingerprint density at radius 3 is 2.47 bits per heavy atom. The molecule has 0 fully saturated rings. The number of aryl methyl sites for hydroxylation is 3. The summed E-state index contributed by atoms with van der Waals surface area (Å²) in [5.74, 6) is 0. The van der Waals surface area contributed by atoms with E-state index in [1.54, 1.807) is 0 Å². The molecule has 2 heteroatoms. The molecule has 1 aromatic heterocycles. The normalized spacial score (nSPS) is 12.4. The van der Waals surface area contributed by atoms with Gasteiger partial charge in [-0.2, -0.15) is 0 Å². The van der Waals surface area contributed by atoms with Crippen molar-refractivity contribution in [2.45, 2.75) is 33.7 Å². The molecule has 0 bridgehead atoms. The number of hydrogen-bond acceptors (Lipinski definition) is 2. The van der Waals surface area contributed by atoms with Crippen LogP contribution in [0.2, 0.25) is 0 Å². The van der Waals surface area contributed by atoms with E-state index in [2.05, 4.69) is 62.3 Å². The molecule has 0 saturated heterocycles. The molecule has 0 radical (unpaired) electrons. The minimum absolute atomic E-state index is 0.171. The van der Waals surface area contributed by atoms with Crippen LogP contribution in [0, 0.1) is 20.8 Å². The average Bonchev–Trinajstić information content (AvgIpc) is 2.39. The van der Waals surface area contributed by atoms with E-state index in [9.17, 15) is 0 Å². The highest BCUT2D eigenvalue weighted by Gasteiger charge is 2.14. The second kappa shape index (κ2) is 5.98. The molecule has 1 unspecified atom stereocenters. The molecule has 2 aromatic rings.